The lowest BCUT2D eigenvalue weighted by molar-refractivity contribution is -0.137. The Kier molecular flexibility index (Phi) is 4.18. The van der Waals surface area contributed by atoms with Crippen molar-refractivity contribution in [2.45, 2.75) is 11.8 Å². The van der Waals surface area contributed by atoms with E-state index < -0.39 is 12.0 Å². The molecule has 0 bridgehead atoms. The average Bonchev–Trinajstić information content (AvgIpc) is 2.38. The zero-order chi connectivity index (χ0) is 13.8. The minimum absolute atomic E-state index is 0.149. The monoisotopic (exact) mass is 279 g/mol. The highest BCUT2D eigenvalue weighted by molar-refractivity contribution is 7.98. The molecular weight excluding hydrogens is 266 g/mol. The summed E-state index contributed by atoms with van der Waals surface area (Å²) in [5.41, 5.74) is 6.45. The number of carboxylic acids is 1. The van der Waals surface area contributed by atoms with Crippen LogP contribution in [0.1, 0.15) is 5.69 Å². The molecule has 0 aromatic carbocycles. The van der Waals surface area contributed by atoms with Gasteiger partial charge in [0.05, 0.1) is 5.69 Å². The first kappa shape index (κ1) is 13.6. The van der Waals surface area contributed by atoms with Crippen LogP contribution in [0.5, 0.6) is 0 Å². The van der Waals surface area contributed by atoms with Gasteiger partial charge >= 0.3 is 5.97 Å². The smallest absolute Gasteiger partial charge is 0.321 e. The summed E-state index contributed by atoms with van der Waals surface area (Å²) >= 11 is 1.34. The van der Waals surface area contributed by atoms with Crippen LogP contribution in [0.2, 0.25) is 0 Å². The van der Waals surface area contributed by atoms with Gasteiger partial charge in [0.15, 0.2) is 0 Å². The molecule has 0 saturated carbocycles. The van der Waals surface area contributed by atoms with E-state index in [2.05, 4.69) is 4.98 Å². The van der Waals surface area contributed by atoms with Crippen LogP contribution in [0.25, 0.3) is 5.65 Å². The first-order valence-electron chi connectivity index (χ1n) is 5.61. The van der Waals surface area contributed by atoms with Gasteiger partial charge in [-0.3, -0.25) is 14.0 Å². The Hall–Kier alpha value is -1.86. The minimum Gasteiger partial charge on any atom is -0.480 e. The molecule has 0 radical (unpaired) electrons. The van der Waals surface area contributed by atoms with Crippen molar-refractivity contribution in [1.29, 1.82) is 0 Å². The fourth-order valence-electron chi connectivity index (χ4n) is 1.54. The van der Waals surface area contributed by atoms with Crippen LogP contribution in [-0.2, 0) is 10.5 Å². The number of aliphatic carboxylic acids is 1. The second-order valence-corrected chi connectivity index (χ2v) is 5.00. The van der Waals surface area contributed by atoms with Crippen molar-refractivity contribution in [1.82, 2.24) is 9.38 Å². The number of carbonyl (C=O) groups is 1. The summed E-state index contributed by atoms with van der Waals surface area (Å²) in [5, 5.41) is 8.66. The number of hydrogen-bond acceptors (Lipinski definition) is 5. The Bertz CT molecular complexity index is 656. The summed E-state index contributed by atoms with van der Waals surface area (Å²) < 4.78 is 1.46. The Morgan fingerprint density at radius 2 is 2.32 bits per heavy atom. The predicted molar refractivity (Wildman–Crippen MR) is 73.2 cm³/mol. The second-order valence-electron chi connectivity index (χ2n) is 3.97. The van der Waals surface area contributed by atoms with E-state index in [1.165, 1.54) is 22.2 Å². The van der Waals surface area contributed by atoms with Gasteiger partial charge in [0.2, 0.25) is 0 Å². The van der Waals surface area contributed by atoms with Gasteiger partial charge in [-0.15, -0.1) is 0 Å². The fourth-order valence-corrected chi connectivity index (χ4v) is 2.41. The normalized spacial score (nSPS) is 12.5. The lowest BCUT2D eigenvalue weighted by Crippen LogP contribution is -2.32. The number of nitrogens with zero attached hydrogens (tertiary/aromatic N) is 2. The van der Waals surface area contributed by atoms with E-state index in [9.17, 15) is 9.59 Å². The van der Waals surface area contributed by atoms with Crippen LogP contribution in [0.15, 0.2) is 35.3 Å². The largest absolute Gasteiger partial charge is 0.480 e. The Morgan fingerprint density at radius 3 is 3.05 bits per heavy atom. The number of fused-ring (bicyclic) bond motifs is 1. The molecule has 100 valence electrons. The topological polar surface area (TPSA) is 97.7 Å². The molecule has 0 saturated heterocycles. The van der Waals surface area contributed by atoms with Crippen molar-refractivity contribution >= 4 is 23.4 Å². The highest BCUT2D eigenvalue weighted by Crippen LogP contribution is 2.10. The lowest BCUT2D eigenvalue weighted by Gasteiger charge is -2.06. The minimum atomic E-state index is -1.03. The molecule has 3 N–H and O–H groups in total. The van der Waals surface area contributed by atoms with E-state index in [0.717, 1.165) is 0 Å². The van der Waals surface area contributed by atoms with E-state index >= 15 is 0 Å². The second kappa shape index (κ2) is 5.85. The maximum atomic E-state index is 11.8. The SMILES string of the molecule is N[C@H](CSCc1cc(=O)n2ccccc2n1)C(=O)O. The molecule has 0 aliphatic carbocycles. The molecule has 2 rings (SSSR count). The van der Waals surface area contributed by atoms with Crippen molar-refractivity contribution in [3.8, 4) is 0 Å². The van der Waals surface area contributed by atoms with Gasteiger partial charge in [-0.1, -0.05) is 6.07 Å². The van der Waals surface area contributed by atoms with Crippen LogP contribution in [0.4, 0.5) is 0 Å². The highest BCUT2D eigenvalue weighted by atomic mass is 32.2. The summed E-state index contributed by atoms with van der Waals surface area (Å²) in [6.07, 6.45) is 1.65. The van der Waals surface area contributed by atoms with Crippen LogP contribution in [0, 0.1) is 0 Å². The first-order valence-corrected chi connectivity index (χ1v) is 6.77. The number of carboxylic acid groups (broad SMARTS) is 1. The molecule has 0 amide bonds. The highest BCUT2D eigenvalue weighted by Gasteiger charge is 2.11. The van der Waals surface area contributed by atoms with E-state index in [-0.39, 0.29) is 11.3 Å². The molecule has 2 heterocycles. The van der Waals surface area contributed by atoms with Crippen molar-refractivity contribution in [3.05, 3.63) is 46.5 Å². The summed E-state index contributed by atoms with van der Waals surface area (Å²) in [7, 11) is 0. The maximum Gasteiger partial charge on any atom is 0.321 e. The Labute approximate surface area is 113 Å². The van der Waals surface area contributed by atoms with E-state index in [4.69, 9.17) is 10.8 Å². The number of thioether (sulfide) groups is 1. The van der Waals surface area contributed by atoms with Gasteiger partial charge in [-0.05, 0) is 12.1 Å². The summed E-state index contributed by atoms with van der Waals surface area (Å²) in [5.74, 6) is -0.286. The zero-order valence-corrected chi connectivity index (χ0v) is 10.8. The van der Waals surface area contributed by atoms with Gasteiger partial charge in [0.25, 0.3) is 5.56 Å². The molecule has 6 nitrogen and oxygen atoms in total. The number of rotatable bonds is 5. The maximum absolute atomic E-state index is 11.8. The molecule has 0 unspecified atom stereocenters. The Balaban J connectivity index is 2.09. The molecule has 0 spiro atoms. The number of pyridine rings is 1. The molecule has 19 heavy (non-hydrogen) atoms. The number of hydrogen-bond donors (Lipinski definition) is 2. The fraction of sp³-hybridized carbons (Fsp3) is 0.250. The zero-order valence-electron chi connectivity index (χ0n) is 10.0. The third-order valence-corrected chi connectivity index (χ3v) is 3.58. The molecular formula is C12H13N3O3S. The molecule has 0 aliphatic rings. The first-order chi connectivity index (χ1) is 9.08. The quantitative estimate of drug-likeness (QED) is 0.819. The summed E-state index contributed by atoms with van der Waals surface area (Å²) in [6, 6.07) is 5.87. The van der Waals surface area contributed by atoms with Gasteiger partial charge in [0.1, 0.15) is 11.7 Å². The van der Waals surface area contributed by atoms with Crippen molar-refractivity contribution < 1.29 is 9.90 Å². The van der Waals surface area contributed by atoms with Gasteiger partial charge in [0, 0.05) is 23.8 Å². The van der Waals surface area contributed by atoms with Crippen LogP contribution >= 0.6 is 11.8 Å². The number of aromatic nitrogens is 2. The lowest BCUT2D eigenvalue weighted by atomic mass is 10.4. The molecule has 2 aromatic rings. The van der Waals surface area contributed by atoms with Crippen molar-refractivity contribution in [2.75, 3.05) is 5.75 Å². The molecule has 0 fully saturated rings. The predicted octanol–water partition coefficient (Wildman–Crippen LogP) is 0.340. The van der Waals surface area contributed by atoms with Crippen molar-refractivity contribution in [2.24, 2.45) is 5.73 Å². The molecule has 2 aromatic heterocycles. The van der Waals surface area contributed by atoms with Crippen molar-refractivity contribution in [3.63, 3.8) is 0 Å². The van der Waals surface area contributed by atoms with Gasteiger partial charge in [-0.25, -0.2) is 4.98 Å². The third-order valence-electron chi connectivity index (χ3n) is 2.49. The molecule has 7 heteroatoms. The van der Waals surface area contributed by atoms with E-state index in [1.807, 2.05) is 0 Å². The summed E-state index contributed by atoms with van der Waals surface area (Å²) in [6.45, 7) is 0. The van der Waals surface area contributed by atoms with Crippen LogP contribution in [-0.4, -0.2) is 32.3 Å². The molecule has 1 atom stereocenters. The van der Waals surface area contributed by atoms with Crippen LogP contribution in [0.3, 0.4) is 0 Å². The molecule has 0 aliphatic heterocycles. The van der Waals surface area contributed by atoms with E-state index in [1.54, 1.807) is 24.4 Å². The van der Waals surface area contributed by atoms with Gasteiger partial charge in [-0.2, -0.15) is 11.8 Å². The van der Waals surface area contributed by atoms with Gasteiger partial charge < -0.3 is 10.8 Å². The standard InChI is InChI=1S/C12H13N3O3S/c13-9(12(17)18)7-19-6-8-5-11(16)15-4-2-1-3-10(15)14-8/h1-5,9H,6-7,13H2,(H,17,18)/t9-/m1/s1. The van der Waals surface area contributed by atoms with Crippen LogP contribution < -0.4 is 11.3 Å². The van der Waals surface area contributed by atoms with E-state index in [0.29, 0.717) is 17.1 Å². The summed E-state index contributed by atoms with van der Waals surface area (Å²) in [4.78, 5) is 26.7. The Morgan fingerprint density at radius 1 is 1.53 bits per heavy atom. The third kappa shape index (κ3) is 3.33. The average molecular weight is 279 g/mol. The number of nitrogens with two attached hydrogens (primary N) is 1.